The summed E-state index contributed by atoms with van der Waals surface area (Å²) in [5.41, 5.74) is 1.32. The van der Waals surface area contributed by atoms with Gasteiger partial charge in [-0.15, -0.1) is 11.3 Å². The number of thiophene rings is 1. The maximum atomic E-state index is 12.4. The first-order chi connectivity index (χ1) is 11.2. The predicted molar refractivity (Wildman–Crippen MR) is 97.0 cm³/mol. The number of guanidine groups is 1. The lowest BCUT2D eigenvalue weighted by molar-refractivity contribution is -0.131. The fourth-order valence-electron chi connectivity index (χ4n) is 2.79. The van der Waals surface area contributed by atoms with E-state index in [0.29, 0.717) is 13.0 Å². The van der Waals surface area contributed by atoms with E-state index in [0.717, 1.165) is 38.4 Å². The van der Waals surface area contributed by atoms with E-state index in [-0.39, 0.29) is 5.91 Å². The fraction of sp³-hybridized carbons (Fsp3) is 0.647. The van der Waals surface area contributed by atoms with Crippen LogP contribution in [0, 0.1) is 0 Å². The first-order valence-electron chi connectivity index (χ1n) is 8.40. The van der Waals surface area contributed by atoms with E-state index in [1.165, 1.54) is 16.9 Å². The molecule has 1 N–H and O–H groups in total. The lowest BCUT2D eigenvalue weighted by atomic mass is 10.1. The normalized spacial score (nSPS) is 14.6. The maximum Gasteiger partial charge on any atom is 0.224 e. The summed E-state index contributed by atoms with van der Waals surface area (Å²) in [6.45, 7) is 5.41. The standard InChI is InChI=1S/C17H28N4OS/c1-4-5-10-20(3)17(18-2)19-9-6-16(22)21-11-7-15-14(13-21)8-12-23-15/h8,12H,4-7,9-11,13H2,1-3H3,(H,18,19). The van der Waals surface area contributed by atoms with Crippen LogP contribution in [0.5, 0.6) is 0 Å². The van der Waals surface area contributed by atoms with Crippen LogP contribution in [0.1, 0.15) is 36.6 Å². The van der Waals surface area contributed by atoms with E-state index in [9.17, 15) is 4.79 Å². The van der Waals surface area contributed by atoms with Gasteiger partial charge in [-0.3, -0.25) is 9.79 Å². The number of nitrogens with zero attached hydrogens (tertiary/aromatic N) is 3. The molecule has 6 heteroatoms. The van der Waals surface area contributed by atoms with Gasteiger partial charge in [0.15, 0.2) is 5.96 Å². The highest BCUT2D eigenvalue weighted by Crippen LogP contribution is 2.24. The van der Waals surface area contributed by atoms with Gasteiger partial charge < -0.3 is 15.1 Å². The van der Waals surface area contributed by atoms with E-state index in [2.05, 4.69) is 33.6 Å². The van der Waals surface area contributed by atoms with Crippen LogP contribution in [0.25, 0.3) is 0 Å². The Kier molecular flexibility index (Phi) is 6.89. The van der Waals surface area contributed by atoms with Gasteiger partial charge in [-0.2, -0.15) is 0 Å². The maximum absolute atomic E-state index is 12.4. The largest absolute Gasteiger partial charge is 0.356 e. The summed E-state index contributed by atoms with van der Waals surface area (Å²) in [4.78, 5) is 22.2. The Bertz CT molecular complexity index is 540. The Labute approximate surface area is 143 Å². The van der Waals surface area contributed by atoms with Gasteiger partial charge in [-0.1, -0.05) is 13.3 Å². The predicted octanol–water partition coefficient (Wildman–Crippen LogP) is 2.33. The number of hydrogen-bond acceptors (Lipinski definition) is 3. The average Bonchev–Trinajstić information content (AvgIpc) is 3.03. The van der Waals surface area contributed by atoms with E-state index < -0.39 is 0 Å². The number of nitrogens with one attached hydrogen (secondary N) is 1. The molecule has 2 heterocycles. The van der Waals surface area contributed by atoms with Crippen molar-refractivity contribution in [1.29, 1.82) is 0 Å². The minimum Gasteiger partial charge on any atom is -0.356 e. The zero-order valence-electron chi connectivity index (χ0n) is 14.5. The van der Waals surface area contributed by atoms with Gasteiger partial charge in [-0.05, 0) is 29.9 Å². The molecular formula is C17H28N4OS. The van der Waals surface area contributed by atoms with Crippen molar-refractivity contribution < 1.29 is 4.79 Å². The quantitative estimate of drug-likeness (QED) is 0.641. The molecule has 0 radical (unpaired) electrons. The summed E-state index contributed by atoms with van der Waals surface area (Å²) in [6.07, 6.45) is 3.82. The summed E-state index contributed by atoms with van der Waals surface area (Å²) < 4.78 is 0. The van der Waals surface area contributed by atoms with Gasteiger partial charge in [0.25, 0.3) is 0 Å². The third kappa shape index (κ3) is 4.96. The zero-order valence-corrected chi connectivity index (χ0v) is 15.3. The van der Waals surface area contributed by atoms with Crippen LogP contribution in [0.3, 0.4) is 0 Å². The number of rotatable bonds is 6. The van der Waals surface area contributed by atoms with Crippen LogP contribution in [-0.2, 0) is 17.8 Å². The lowest BCUT2D eigenvalue weighted by Crippen LogP contribution is -2.42. The summed E-state index contributed by atoms with van der Waals surface area (Å²) in [5, 5.41) is 5.41. The third-order valence-electron chi connectivity index (χ3n) is 4.20. The van der Waals surface area contributed by atoms with Crippen molar-refractivity contribution in [2.75, 3.05) is 33.7 Å². The summed E-state index contributed by atoms with van der Waals surface area (Å²) in [5.74, 6) is 1.09. The number of amides is 1. The van der Waals surface area contributed by atoms with Crippen LogP contribution in [0.15, 0.2) is 16.4 Å². The molecule has 1 aromatic heterocycles. The van der Waals surface area contributed by atoms with Crippen LogP contribution < -0.4 is 5.32 Å². The molecular weight excluding hydrogens is 308 g/mol. The Balaban J connectivity index is 1.74. The van der Waals surface area contributed by atoms with Crippen molar-refractivity contribution in [2.45, 2.75) is 39.2 Å². The highest BCUT2D eigenvalue weighted by molar-refractivity contribution is 7.10. The molecule has 0 atom stereocenters. The molecule has 0 fully saturated rings. The summed E-state index contributed by atoms with van der Waals surface area (Å²) in [6, 6.07) is 2.14. The number of carbonyl (C=O) groups is 1. The third-order valence-corrected chi connectivity index (χ3v) is 5.23. The Morgan fingerprint density at radius 3 is 3.09 bits per heavy atom. The van der Waals surface area contributed by atoms with Gasteiger partial charge in [-0.25, -0.2) is 0 Å². The smallest absolute Gasteiger partial charge is 0.224 e. The first-order valence-corrected chi connectivity index (χ1v) is 9.28. The molecule has 1 aliphatic rings. The second kappa shape index (κ2) is 8.91. The Hall–Kier alpha value is -1.56. The van der Waals surface area contributed by atoms with Gasteiger partial charge in [0.2, 0.25) is 5.91 Å². The van der Waals surface area contributed by atoms with Crippen molar-refractivity contribution >= 4 is 23.2 Å². The van der Waals surface area contributed by atoms with Crippen LogP contribution >= 0.6 is 11.3 Å². The molecule has 1 aromatic rings. The SMILES string of the molecule is CCCCN(C)C(=NC)NCCC(=O)N1CCc2sccc2C1. The van der Waals surface area contributed by atoms with E-state index in [1.54, 1.807) is 18.4 Å². The molecule has 0 bridgehead atoms. The molecule has 1 aliphatic heterocycles. The van der Waals surface area contributed by atoms with Crippen molar-refractivity contribution in [3.05, 3.63) is 21.9 Å². The number of hydrogen-bond donors (Lipinski definition) is 1. The first kappa shape index (κ1) is 17.8. The molecule has 0 spiro atoms. The molecule has 0 aromatic carbocycles. The second-order valence-electron chi connectivity index (χ2n) is 5.93. The highest BCUT2D eigenvalue weighted by Gasteiger charge is 2.21. The molecule has 0 saturated carbocycles. The van der Waals surface area contributed by atoms with E-state index in [4.69, 9.17) is 0 Å². The second-order valence-corrected chi connectivity index (χ2v) is 6.93. The van der Waals surface area contributed by atoms with Crippen LogP contribution in [-0.4, -0.2) is 55.4 Å². The van der Waals surface area contributed by atoms with Crippen molar-refractivity contribution in [1.82, 2.24) is 15.1 Å². The molecule has 5 nitrogen and oxygen atoms in total. The van der Waals surface area contributed by atoms with Crippen molar-refractivity contribution in [3.8, 4) is 0 Å². The Morgan fingerprint density at radius 1 is 1.52 bits per heavy atom. The van der Waals surface area contributed by atoms with E-state index in [1.807, 2.05) is 11.9 Å². The monoisotopic (exact) mass is 336 g/mol. The molecule has 2 rings (SSSR count). The zero-order chi connectivity index (χ0) is 16.7. The van der Waals surface area contributed by atoms with Gasteiger partial charge in [0.05, 0.1) is 0 Å². The minimum absolute atomic E-state index is 0.223. The van der Waals surface area contributed by atoms with Gasteiger partial charge in [0.1, 0.15) is 0 Å². The number of aliphatic imine (C=N–C) groups is 1. The van der Waals surface area contributed by atoms with Crippen LogP contribution in [0.2, 0.25) is 0 Å². The van der Waals surface area contributed by atoms with Crippen molar-refractivity contribution in [2.24, 2.45) is 4.99 Å². The minimum atomic E-state index is 0.223. The van der Waals surface area contributed by atoms with Gasteiger partial charge >= 0.3 is 0 Å². The summed E-state index contributed by atoms with van der Waals surface area (Å²) >= 11 is 1.80. The molecule has 128 valence electrons. The number of unbranched alkanes of at least 4 members (excludes halogenated alkanes) is 1. The fourth-order valence-corrected chi connectivity index (χ4v) is 3.68. The number of fused-ring (bicyclic) bond motifs is 1. The molecule has 1 amide bonds. The molecule has 0 aliphatic carbocycles. The van der Waals surface area contributed by atoms with Crippen LogP contribution in [0.4, 0.5) is 0 Å². The van der Waals surface area contributed by atoms with E-state index >= 15 is 0 Å². The van der Waals surface area contributed by atoms with Gasteiger partial charge in [0, 0.05) is 51.6 Å². The highest BCUT2D eigenvalue weighted by atomic mass is 32.1. The lowest BCUT2D eigenvalue weighted by Gasteiger charge is -2.27. The molecule has 23 heavy (non-hydrogen) atoms. The topological polar surface area (TPSA) is 47.9 Å². The molecule has 0 saturated heterocycles. The average molecular weight is 337 g/mol. The van der Waals surface area contributed by atoms with Crippen molar-refractivity contribution in [3.63, 3.8) is 0 Å². The Morgan fingerprint density at radius 2 is 2.35 bits per heavy atom. The molecule has 0 unspecified atom stereocenters. The number of carbonyl (C=O) groups excluding carboxylic acids is 1. The summed E-state index contributed by atoms with van der Waals surface area (Å²) in [7, 11) is 3.82.